The number of rotatable bonds is 17. The number of aliphatic carboxylic acids is 1. The van der Waals surface area contributed by atoms with E-state index in [2.05, 4.69) is 38.2 Å². The zero-order chi connectivity index (χ0) is 19.5. The highest BCUT2D eigenvalue weighted by Crippen LogP contribution is 2.27. The van der Waals surface area contributed by atoms with E-state index in [1.807, 2.05) is 6.08 Å². The minimum absolute atomic E-state index is 0.205. The van der Waals surface area contributed by atoms with Crippen molar-refractivity contribution in [3.8, 4) is 0 Å². The van der Waals surface area contributed by atoms with Crippen molar-refractivity contribution < 1.29 is 14.7 Å². The average molecular weight is 363 g/mol. The summed E-state index contributed by atoms with van der Waals surface area (Å²) >= 11 is 0. The number of allylic oxidation sites excluding steroid dienone is 6. The SMILES string of the molecule is CCCCC/C=C/C=C/C(CCCC(=O)O)C(/C=C/C=O)CCCCC. The van der Waals surface area contributed by atoms with Crippen LogP contribution in [0.15, 0.2) is 36.5 Å². The van der Waals surface area contributed by atoms with Crippen molar-refractivity contribution in [2.45, 2.75) is 84.5 Å². The fourth-order valence-corrected chi connectivity index (χ4v) is 3.11. The van der Waals surface area contributed by atoms with Gasteiger partial charge in [0.25, 0.3) is 0 Å². The average Bonchev–Trinajstić information content (AvgIpc) is 2.62. The van der Waals surface area contributed by atoms with Crippen LogP contribution in [-0.2, 0) is 9.59 Å². The molecule has 0 rings (SSSR count). The lowest BCUT2D eigenvalue weighted by Gasteiger charge is -2.22. The lowest BCUT2D eigenvalue weighted by atomic mass is 9.83. The largest absolute Gasteiger partial charge is 0.481 e. The molecule has 148 valence electrons. The maximum atomic E-state index is 10.8. The van der Waals surface area contributed by atoms with Crippen LogP contribution in [0.25, 0.3) is 0 Å². The minimum Gasteiger partial charge on any atom is -0.481 e. The molecule has 0 saturated heterocycles. The van der Waals surface area contributed by atoms with E-state index in [-0.39, 0.29) is 12.3 Å². The molecule has 0 heterocycles. The van der Waals surface area contributed by atoms with Gasteiger partial charge in [-0.1, -0.05) is 76.3 Å². The first kappa shape index (κ1) is 24.4. The number of aldehydes is 1. The van der Waals surface area contributed by atoms with Crippen molar-refractivity contribution in [1.82, 2.24) is 0 Å². The Morgan fingerprint density at radius 3 is 2.08 bits per heavy atom. The first-order chi connectivity index (χ1) is 12.7. The monoisotopic (exact) mass is 362 g/mol. The Balaban J connectivity index is 4.84. The fraction of sp³-hybridized carbons (Fsp3) is 0.652. The first-order valence-electron chi connectivity index (χ1n) is 10.3. The highest BCUT2D eigenvalue weighted by atomic mass is 16.4. The molecule has 0 bridgehead atoms. The van der Waals surface area contributed by atoms with Crippen molar-refractivity contribution >= 4 is 12.3 Å². The number of carbonyl (C=O) groups excluding carboxylic acids is 1. The van der Waals surface area contributed by atoms with Gasteiger partial charge in [0.15, 0.2) is 0 Å². The minimum atomic E-state index is -0.741. The third-order valence-corrected chi connectivity index (χ3v) is 4.64. The Hall–Kier alpha value is -1.64. The van der Waals surface area contributed by atoms with E-state index >= 15 is 0 Å². The van der Waals surface area contributed by atoms with Crippen LogP contribution in [0, 0.1) is 11.8 Å². The Bertz CT molecular complexity index is 435. The predicted octanol–water partition coefficient (Wildman–Crippen LogP) is 6.50. The molecule has 0 aliphatic carbocycles. The number of unbranched alkanes of at least 4 members (excludes halogenated alkanes) is 5. The van der Waals surface area contributed by atoms with Crippen molar-refractivity contribution in [3.63, 3.8) is 0 Å². The van der Waals surface area contributed by atoms with Crippen LogP contribution in [-0.4, -0.2) is 17.4 Å². The molecule has 3 heteroatoms. The number of hydrogen-bond acceptors (Lipinski definition) is 2. The van der Waals surface area contributed by atoms with Gasteiger partial charge in [-0.3, -0.25) is 9.59 Å². The fourth-order valence-electron chi connectivity index (χ4n) is 3.11. The zero-order valence-corrected chi connectivity index (χ0v) is 16.7. The van der Waals surface area contributed by atoms with E-state index in [1.54, 1.807) is 6.08 Å². The van der Waals surface area contributed by atoms with Crippen LogP contribution in [0.5, 0.6) is 0 Å². The molecule has 0 aliphatic rings. The molecule has 0 spiro atoms. The van der Waals surface area contributed by atoms with E-state index in [0.29, 0.717) is 12.3 Å². The molecular weight excluding hydrogens is 324 g/mol. The summed E-state index contributed by atoms with van der Waals surface area (Å²) in [7, 11) is 0. The van der Waals surface area contributed by atoms with Crippen LogP contribution in [0.2, 0.25) is 0 Å². The van der Waals surface area contributed by atoms with Gasteiger partial charge in [0.2, 0.25) is 0 Å². The van der Waals surface area contributed by atoms with Gasteiger partial charge in [0.1, 0.15) is 6.29 Å². The third kappa shape index (κ3) is 14.7. The summed E-state index contributed by atoms with van der Waals surface area (Å²) in [5.74, 6) is -0.164. The second-order valence-corrected chi connectivity index (χ2v) is 6.94. The quantitative estimate of drug-likeness (QED) is 0.139. The molecule has 0 fully saturated rings. The molecule has 26 heavy (non-hydrogen) atoms. The maximum Gasteiger partial charge on any atom is 0.303 e. The second-order valence-electron chi connectivity index (χ2n) is 6.94. The van der Waals surface area contributed by atoms with E-state index in [4.69, 9.17) is 5.11 Å². The van der Waals surface area contributed by atoms with Crippen molar-refractivity contribution in [1.29, 1.82) is 0 Å². The molecule has 0 aliphatic heterocycles. The predicted molar refractivity (Wildman–Crippen MR) is 110 cm³/mol. The molecule has 3 nitrogen and oxygen atoms in total. The molecule has 0 aromatic heterocycles. The molecule has 1 N–H and O–H groups in total. The number of hydrogen-bond donors (Lipinski definition) is 1. The summed E-state index contributed by atoms with van der Waals surface area (Å²) in [6, 6.07) is 0. The second kappa shape index (κ2) is 18.2. The van der Waals surface area contributed by atoms with Crippen LogP contribution >= 0.6 is 0 Å². The molecular formula is C23H38O3. The molecule has 0 radical (unpaired) electrons. The first-order valence-corrected chi connectivity index (χ1v) is 10.3. The van der Waals surface area contributed by atoms with Crippen molar-refractivity contribution in [2.24, 2.45) is 11.8 Å². The van der Waals surface area contributed by atoms with Crippen LogP contribution in [0.3, 0.4) is 0 Å². The van der Waals surface area contributed by atoms with Gasteiger partial charge in [-0.25, -0.2) is 0 Å². The van der Waals surface area contributed by atoms with Gasteiger partial charge >= 0.3 is 5.97 Å². The van der Waals surface area contributed by atoms with Crippen molar-refractivity contribution in [3.05, 3.63) is 36.5 Å². The lowest BCUT2D eigenvalue weighted by Crippen LogP contribution is -2.12. The van der Waals surface area contributed by atoms with Crippen LogP contribution in [0.4, 0.5) is 0 Å². The van der Waals surface area contributed by atoms with Crippen LogP contribution in [0.1, 0.15) is 84.5 Å². The van der Waals surface area contributed by atoms with Gasteiger partial charge in [-0.05, 0) is 50.0 Å². The van der Waals surface area contributed by atoms with E-state index in [0.717, 1.165) is 32.0 Å². The Morgan fingerprint density at radius 1 is 0.846 bits per heavy atom. The van der Waals surface area contributed by atoms with Gasteiger partial charge in [-0.15, -0.1) is 0 Å². The van der Waals surface area contributed by atoms with Gasteiger partial charge in [0.05, 0.1) is 0 Å². The Kier molecular flexibility index (Phi) is 17.0. The van der Waals surface area contributed by atoms with Crippen LogP contribution < -0.4 is 0 Å². The Morgan fingerprint density at radius 2 is 1.46 bits per heavy atom. The number of carboxylic acids is 1. The van der Waals surface area contributed by atoms with Gasteiger partial charge < -0.3 is 5.11 Å². The normalized spacial score (nSPS) is 14.4. The lowest BCUT2D eigenvalue weighted by molar-refractivity contribution is -0.137. The van der Waals surface area contributed by atoms with Gasteiger partial charge in [-0.2, -0.15) is 0 Å². The summed E-state index contributed by atoms with van der Waals surface area (Å²) in [6.45, 7) is 4.39. The number of carboxylic acid groups (broad SMARTS) is 1. The molecule has 0 aromatic rings. The smallest absolute Gasteiger partial charge is 0.303 e. The summed E-state index contributed by atoms with van der Waals surface area (Å²) in [5.41, 5.74) is 0. The summed E-state index contributed by atoms with van der Waals surface area (Å²) in [5, 5.41) is 8.91. The number of carbonyl (C=O) groups is 2. The molecule has 0 saturated carbocycles. The highest BCUT2D eigenvalue weighted by molar-refractivity contribution is 5.66. The van der Waals surface area contributed by atoms with Crippen molar-refractivity contribution in [2.75, 3.05) is 0 Å². The maximum absolute atomic E-state index is 10.8. The van der Waals surface area contributed by atoms with E-state index in [9.17, 15) is 9.59 Å². The molecule has 0 amide bonds. The molecule has 2 unspecified atom stereocenters. The summed E-state index contributed by atoms with van der Waals surface area (Å²) < 4.78 is 0. The Labute approximate surface area is 160 Å². The molecule has 0 aromatic carbocycles. The summed E-state index contributed by atoms with van der Waals surface area (Å²) in [4.78, 5) is 21.6. The standard InChI is InChI=1S/C23H38O3/c1-3-5-7-8-9-10-12-16-21(17-13-19-23(25)26)22(18-14-20-24)15-11-6-4-2/h9-10,12,14,16,18,20-22H,3-8,11,13,15,17,19H2,1-2H3,(H,25,26)/b10-9+,16-12+,18-14+. The van der Waals surface area contributed by atoms with Gasteiger partial charge in [0, 0.05) is 6.42 Å². The summed E-state index contributed by atoms with van der Waals surface area (Å²) in [6.07, 6.45) is 24.1. The third-order valence-electron chi connectivity index (χ3n) is 4.64. The van der Waals surface area contributed by atoms with E-state index in [1.165, 1.54) is 32.1 Å². The zero-order valence-electron chi connectivity index (χ0n) is 16.7. The van der Waals surface area contributed by atoms with E-state index < -0.39 is 5.97 Å². The highest BCUT2D eigenvalue weighted by Gasteiger charge is 2.16. The molecule has 2 atom stereocenters. The topological polar surface area (TPSA) is 54.4 Å².